The van der Waals surface area contributed by atoms with Gasteiger partial charge < -0.3 is 15.8 Å². The highest BCUT2D eigenvalue weighted by Crippen LogP contribution is 2.27. The van der Waals surface area contributed by atoms with Crippen molar-refractivity contribution in [3.8, 4) is 5.75 Å². The van der Waals surface area contributed by atoms with Gasteiger partial charge in [-0.05, 0) is 52.0 Å². The van der Waals surface area contributed by atoms with Crippen LogP contribution in [0.3, 0.4) is 0 Å². The van der Waals surface area contributed by atoms with Crippen LogP contribution in [0.4, 0.5) is 17.2 Å². The molecule has 0 bridgehead atoms. The minimum absolute atomic E-state index is 0.175. The summed E-state index contributed by atoms with van der Waals surface area (Å²) in [5.74, 6) is 1.70. The second-order valence-electron chi connectivity index (χ2n) is 4.98. The summed E-state index contributed by atoms with van der Waals surface area (Å²) in [6.07, 6.45) is 0.175. The maximum Gasteiger partial charge on any atom is 0.152 e. The van der Waals surface area contributed by atoms with Gasteiger partial charge in [0.25, 0.3) is 0 Å². The molecule has 5 nitrogen and oxygen atoms in total. The van der Waals surface area contributed by atoms with E-state index in [0.717, 1.165) is 29.5 Å². The lowest BCUT2D eigenvalue weighted by molar-refractivity contribution is 0.242. The van der Waals surface area contributed by atoms with E-state index in [4.69, 9.17) is 10.5 Å². The topological polar surface area (TPSA) is 65.1 Å². The monoisotopic (exact) mass is 274 g/mol. The summed E-state index contributed by atoms with van der Waals surface area (Å²) in [5.41, 5.74) is 8.54. The number of hydrogen-bond acceptors (Lipinski definition) is 4. The SMILES string of the molecule is CCn1nc(C)c(N)c1Nc1ccc(OC(C)C)cc1. The molecule has 5 heteroatoms. The highest BCUT2D eigenvalue weighted by molar-refractivity contribution is 5.71. The molecule has 20 heavy (non-hydrogen) atoms. The van der Waals surface area contributed by atoms with Crippen LogP contribution in [0.2, 0.25) is 0 Å². The number of aryl methyl sites for hydroxylation is 2. The van der Waals surface area contributed by atoms with E-state index >= 15 is 0 Å². The fourth-order valence-electron chi connectivity index (χ4n) is 1.98. The number of rotatable bonds is 5. The summed E-state index contributed by atoms with van der Waals surface area (Å²) >= 11 is 0. The standard InChI is InChI=1S/C15H22N4O/c1-5-19-15(14(16)11(4)18-19)17-12-6-8-13(9-7-12)20-10(2)3/h6-10,17H,5,16H2,1-4H3. The number of ether oxygens (including phenoxy) is 1. The van der Waals surface area contributed by atoms with Gasteiger partial charge in [-0.2, -0.15) is 5.10 Å². The second kappa shape index (κ2) is 5.86. The van der Waals surface area contributed by atoms with Crippen LogP contribution in [0.15, 0.2) is 24.3 Å². The first kappa shape index (κ1) is 14.2. The zero-order valence-electron chi connectivity index (χ0n) is 12.5. The number of aromatic nitrogens is 2. The van der Waals surface area contributed by atoms with Gasteiger partial charge in [-0.3, -0.25) is 0 Å². The largest absolute Gasteiger partial charge is 0.491 e. The van der Waals surface area contributed by atoms with E-state index in [-0.39, 0.29) is 6.10 Å². The summed E-state index contributed by atoms with van der Waals surface area (Å²) in [6.45, 7) is 8.74. The summed E-state index contributed by atoms with van der Waals surface area (Å²) < 4.78 is 7.49. The van der Waals surface area contributed by atoms with Crippen LogP contribution in [0.25, 0.3) is 0 Å². The van der Waals surface area contributed by atoms with Crippen molar-refractivity contribution in [2.24, 2.45) is 0 Å². The van der Waals surface area contributed by atoms with Crippen molar-refractivity contribution >= 4 is 17.2 Å². The maximum absolute atomic E-state index is 6.05. The Balaban J connectivity index is 2.18. The van der Waals surface area contributed by atoms with E-state index in [0.29, 0.717) is 5.69 Å². The average molecular weight is 274 g/mol. The molecule has 1 heterocycles. The Morgan fingerprint density at radius 3 is 2.50 bits per heavy atom. The highest BCUT2D eigenvalue weighted by Gasteiger charge is 2.11. The molecule has 0 unspecified atom stereocenters. The smallest absolute Gasteiger partial charge is 0.152 e. The summed E-state index contributed by atoms with van der Waals surface area (Å²) in [6, 6.07) is 7.83. The van der Waals surface area contributed by atoms with Gasteiger partial charge in [0, 0.05) is 12.2 Å². The van der Waals surface area contributed by atoms with Gasteiger partial charge in [-0.1, -0.05) is 0 Å². The molecule has 0 aliphatic carbocycles. The van der Waals surface area contributed by atoms with Gasteiger partial charge >= 0.3 is 0 Å². The third kappa shape index (κ3) is 3.04. The minimum Gasteiger partial charge on any atom is -0.491 e. The summed E-state index contributed by atoms with van der Waals surface area (Å²) in [7, 11) is 0. The molecule has 0 fully saturated rings. The van der Waals surface area contributed by atoms with Crippen LogP contribution in [0.5, 0.6) is 5.75 Å². The molecular weight excluding hydrogens is 252 g/mol. The Kier molecular flexibility index (Phi) is 4.17. The second-order valence-corrected chi connectivity index (χ2v) is 4.98. The van der Waals surface area contributed by atoms with Crippen molar-refractivity contribution in [2.75, 3.05) is 11.1 Å². The van der Waals surface area contributed by atoms with Crippen molar-refractivity contribution in [3.05, 3.63) is 30.0 Å². The number of nitrogen functional groups attached to an aromatic ring is 1. The number of nitrogens with two attached hydrogens (primary N) is 1. The van der Waals surface area contributed by atoms with E-state index < -0.39 is 0 Å². The van der Waals surface area contributed by atoms with Crippen LogP contribution < -0.4 is 15.8 Å². The van der Waals surface area contributed by atoms with Gasteiger partial charge in [0.05, 0.1) is 17.5 Å². The van der Waals surface area contributed by atoms with Crippen molar-refractivity contribution in [1.82, 2.24) is 9.78 Å². The number of anilines is 3. The summed E-state index contributed by atoms with van der Waals surface area (Å²) in [4.78, 5) is 0. The van der Waals surface area contributed by atoms with Crippen molar-refractivity contribution in [1.29, 1.82) is 0 Å². The van der Waals surface area contributed by atoms with Gasteiger partial charge in [0.15, 0.2) is 5.82 Å². The molecule has 0 spiro atoms. The van der Waals surface area contributed by atoms with E-state index in [9.17, 15) is 0 Å². The van der Waals surface area contributed by atoms with Crippen LogP contribution in [-0.2, 0) is 6.54 Å². The van der Waals surface area contributed by atoms with E-state index in [1.54, 1.807) is 0 Å². The van der Waals surface area contributed by atoms with Crippen molar-refractivity contribution in [3.63, 3.8) is 0 Å². The van der Waals surface area contributed by atoms with E-state index in [2.05, 4.69) is 10.4 Å². The molecule has 0 saturated carbocycles. The fourth-order valence-corrected chi connectivity index (χ4v) is 1.98. The predicted octanol–water partition coefficient (Wildman–Crippen LogP) is 3.32. The highest BCUT2D eigenvalue weighted by atomic mass is 16.5. The van der Waals surface area contributed by atoms with Crippen molar-refractivity contribution < 1.29 is 4.74 Å². The first-order valence-electron chi connectivity index (χ1n) is 6.88. The Labute approximate surface area is 119 Å². The van der Waals surface area contributed by atoms with Crippen LogP contribution in [0.1, 0.15) is 26.5 Å². The number of hydrogen-bond donors (Lipinski definition) is 2. The molecule has 108 valence electrons. The number of benzene rings is 1. The molecule has 0 amide bonds. The Morgan fingerprint density at radius 1 is 1.30 bits per heavy atom. The van der Waals surface area contributed by atoms with Crippen LogP contribution >= 0.6 is 0 Å². The zero-order valence-corrected chi connectivity index (χ0v) is 12.5. The van der Waals surface area contributed by atoms with Crippen LogP contribution in [-0.4, -0.2) is 15.9 Å². The molecule has 0 atom stereocenters. The molecule has 0 saturated heterocycles. The lowest BCUT2D eigenvalue weighted by Gasteiger charge is -2.12. The Hall–Kier alpha value is -2.17. The van der Waals surface area contributed by atoms with Gasteiger partial charge in [0.1, 0.15) is 5.75 Å². The quantitative estimate of drug-likeness (QED) is 0.877. The van der Waals surface area contributed by atoms with Gasteiger partial charge in [0.2, 0.25) is 0 Å². The number of nitrogens with zero attached hydrogens (tertiary/aromatic N) is 2. The minimum atomic E-state index is 0.175. The average Bonchev–Trinajstić information content (AvgIpc) is 2.68. The zero-order chi connectivity index (χ0) is 14.7. The molecule has 0 radical (unpaired) electrons. The molecule has 0 aliphatic rings. The van der Waals surface area contributed by atoms with E-state index in [1.807, 2.05) is 56.6 Å². The first-order valence-corrected chi connectivity index (χ1v) is 6.88. The lowest BCUT2D eigenvalue weighted by Crippen LogP contribution is -2.06. The third-order valence-corrected chi connectivity index (χ3v) is 2.96. The van der Waals surface area contributed by atoms with Crippen LogP contribution in [0, 0.1) is 6.92 Å². The van der Waals surface area contributed by atoms with Gasteiger partial charge in [-0.25, -0.2) is 4.68 Å². The molecule has 2 rings (SSSR count). The third-order valence-electron chi connectivity index (χ3n) is 2.96. The predicted molar refractivity (Wildman–Crippen MR) is 82.5 cm³/mol. The molecule has 0 aliphatic heterocycles. The van der Waals surface area contributed by atoms with Gasteiger partial charge in [-0.15, -0.1) is 0 Å². The molecule has 3 N–H and O–H groups in total. The Bertz CT molecular complexity index is 572. The maximum atomic E-state index is 6.05. The molecule has 1 aromatic carbocycles. The van der Waals surface area contributed by atoms with Crippen molar-refractivity contribution in [2.45, 2.75) is 40.3 Å². The fraction of sp³-hybridized carbons (Fsp3) is 0.400. The first-order chi connectivity index (χ1) is 9.51. The molecule has 2 aromatic rings. The van der Waals surface area contributed by atoms with E-state index in [1.165, 1.54) is 0 Å². The number of nitrogens with one attached hydrogen (secondary N) is 1. The Morgan fingerprint density at radius 2 is 1.95 bits per heavy atom. The molecule has 1 aromatic heterocycles. The lowest BCUT2D eigenvalue weighted by atomic mass is 10.3. The molecular formula is C15H22N4O. The normalized spacial score (nSPS) is 10.8. The summed E-state index contributed by atoms with van der Waals surface area (Å²) in [5, 5.41) is 7.70.